The van der Waals surface area contributed by atoms with Crippen molar-refractivity contribution < 1.29 is 9.53 Å². The lowest BCUT2D eigenvalue weighted by atomic mass is 9.98. The Bertz CT molecular complexity index is 613. The number of nitrogens with two attached hydrogens (primary N) is 1. The van der Waals surface area contributed by atoms with E-state index < -0.39 is 6.09 Å². The van der Waals surface area contributed by atoms with E-state index >= 15 is 0 Å². The summed E-state index contributed by atoms with van der Waals surface area (Å²) < 4.78 is 5.26. The van der Waals surface area contributed by atoms with Crippen LogP contribution in [0.1, 0.15) is 17.0 Å². The van der Waals surface area contributed by atoms with Gasteiger partial charge in [0, 0.05) is 13.0 Å². The highest BCUT2D eigenvalue weighted by Gasteiger charge is 2.29. The quantitative estimate of drug-likeness (QED) is 0.527. The Kier molecular flexibility index (Phi) is 4.50. The first-order valence-electron chi connectivity index (χ1n) is 6.52. The summed E-state index contributed by atoms with van der Waals surface area (Å²) in [5.74, 6) is 5.44. The zero-order valence-corrected chi connectivity index (χ0v) is 12.5. The number of benzene rings is 2. The third kappa shape index (κ3) is 2.73. The normalized spacial score (nSPS) is 12.1. The molecule has 0 aromatic heterocycles. The number of carbonyl (C=O) groups excluding carboxylic acids is 1. The van der Waals surface area contributed by atoms with E-state index in [0.717, 1.165) is 5.01 Å². The molecule has 0 saturated carbocycles. The van der Waals surface area contributed by atoms with E-state index in [-0.39, 0.29) is 18.3 Å². The Balaban J connectivity index is 0.00000161. The van der Waals surface area contributed by atoms with E-state index in [1.165, 1.54) is 29.3 Å². The highest BCUT2D eigenvalue weighted by molar-refractivity contribution is 5.85. The number of hydrazine groups is 1. The number of ether oxygens (including phenoxy) is 1. The van der Waals surface area contributed by atoms with Gasteiger partial charge in [0.25, 0.3) is 0 Å². The van der Waals surface area contributed by atoms with Crippen molar-refractivity contribution >= 4 is 18.5 Å². The molecule has 0 unspecified atom stereocenters. The molecule has 1 aliphatic carbocycles. The molecule has 2 aromatic carbocycles. The van der Waals surface area contributed by atoms with E-state index in [4.69, 9.17) is 10.6 Å². The van der Waals surface area contributed by atoms with Crippen molar-refractivity contribution in [3.63, 3.8) is 0 Å². The molecular formula is C16H17ClN2O2. The van der Waals surface area contributed by atoms with Crippen LogP contribution in [0.2, 0.25) is 0 Å². The topological polar surface area (TPSA) is 55.6 Å². The Labute approximate surface area is 129 Å². The van der Waals surface area contributed by atoms with Crippen LogP contribution in [0.25, 0.3) is 11.1 Å². The van der Waals surface area contributed by atoms with E-state index in [9.17, 15) is 4.79 Å². The zero-order valence-electron chi connectivity index (χ0n) is 11.7. The summed E-state index contributed by atoms with van der Waals surface area (Å²) in [6.45, 7) is 0.300. The molecule has 0 saturated heterocycles. The Morgan fingerprint density at radius 1 is 1.10 bits per heavy atom. The molecular weight excluding hydrogens is 288 g/mol. The van der Waals surface area contributed by atoms with Gasteiger partial charge in [-0.2, -0.15) is 0 Å². The third-order valence-electron chi connectivity index (χ3n) is 3.62. The van der Waals surface area contributed by atoms with Gasteiger partial charge in [0.1, 0.15) is 6.61 Å². The van der Waals surface area contributed by atoms with Crippen LogP contribution < -0.4 is 5.84 Å². The van der Waals surface area contributed by atoms with E-state index in [2.05, 4.69) is 24.3 Å². The standard InChI is InChI=1S/C16H16N2O2.ClH/c1-18(17)16(19)20-10-15-13-8-4-2-6-11(13)12-7-3-5-9-14(12)15;/h2-9,15H,10,17H2,1H3;1H. The van der Waals surface area contributed by atoms with Crippen molar-refractivity contribution in [3.05, 3.63) is 59.7 Å². The average Bonchev–Trinajstić information content (AvgIpc) is 2.79. The molecule has 1 aliphatic rings. The molecule has 0 spiro atoms. The fourth-order valence-corrected chi connectivity index (χ4v) is 2.70. The molecule has 1 amide bonds. The summed E-state index contributed by atoms with van der Waals surface area (Å²) in [6, 6.07) is 16.4. The Hall–Kier alpha value is -2.04. The molecule has 0 radical (unpaired) electrons. The van der Waals surface area contributed by atoms with Crippen LogP contribution in [-0.2, 0) is 4.74 Å². The molecule has 21 heavy (non-hydrogen) atoms. The molecule has 0 aliphatic heterocycles. The van der Waals surface area contributed by atoms with Gasteiger partial charge in [-0.15, -0.1) is 12.4 Å². The molecule has 0 atom stereocenters. The summed E-state index contributed by atoms with van der Waals surface area (Å²) in [6.07, 6.45) is -0.521. The SMILES string of the molecule is CN(N)C(=O)OCC1c2ccccc2-c2ccccc21.Cl. The van der Waals surface area contributed by atoms with Gasteiger partial charge in [0.2, 0.25) is 0 Å². The lowest BCUT2D eigenvalue weighted by Crippen LogP contribution is -2.34. The van der Waals surface area contributed by atoms with Gasteiger partial charge < -0.3 is 4.74 Å². The molecule has 0 heterocycles. The summed E-state index contributed by atoms with van der Waals surface area (Å²) in [4.78, 5) is 11.5. The van der Waals surface area contributed by atoms with Crippen molar-refractivity contribution in [1.82, 2.24) is 5.01 Å². The highest BCUT2D eigenvalue weighted by atomic mass is 35.5. The minimum atomic E-state index is -0.521. The van der Waals surface area contributed by atoms with Crippen molar-refractivity contribution in [2.75, 3.05) is 13.7 Å². The van der Waals surface area contributed by atoms with Crippen molar-refractivity contribution in [3.8, 4) is 11.1 Å². The van der Waals surface area contributed by atoms with Gasteiger partial charge >= 0.3 is 6.09 Å². The fraction of sp³-hybridized carbons (Fsp3) is 0.188. The first-order chi connectivity index (χ1) is 9.68. The van der Waals surface area contributed by atoms with E-state index in [1.807, 2.05) is 24.3 Å². The summed E-state index contributed by atoms with van der Waals surface area (Å²) in [7, 11) is 1.47. The van der Waals surface area contributed by atoms with Crippen LogP contribution >= 0.6 is 12.4 Å². The summed E-state index contributed by atoms with van der Waals surface area (Å²) >= 11 is 0. The van der Waals surface area contributed by atoms with Gasteiger partial charge in [0.15, 0.2) is 0 Å². The van der Waals surface area contributed by atoms with Gasteiger partial charge in [0.05, 0.1) is 0 Å². The van der Waals surface area contributed by atoms with Crippen LogP contribution in [0.15, 0.2) is 48.5 Å². The van der Waals surface area contributed by atoms with Crippen LogP contribution in [0, 0.1) is 0 Å². The number of amides is 1. The second kappa shape index (κ2) is 6.16. The van der Waals surface area contributed by atoms with Crippen molar-refractivity contribution in [2.24, 2.45) is 5.84 Å². The van der Waals surface area contributed by atoms with Crippen LogP contribution in [0.4, 0.5) is 4.79 Å². The fourth-order valence-electron chi connectivity index (χ4n) is 2.70. The number of halogens is 1. The summed E-state index contributed by atoms with van der Waals surface area (Å²) in [5.41, 5.74) is 4.82. The predicted molar refractivity (Wildman–Crippen MR) is 84.3 cm³/mol. The molecule has 4 nitrogen and oxygen atoms in total. The molecule has 0 bridgehead atoms. The van der Waals surface area contributed by atoms with Crippen LogP contribution in [-0.4, -0.2) is 24.8 Å². The first kappa shape index (κ1) is 15.4. The third-order valence-corrected chi connectivity index (χ3v) is 3.62. The van der Waals surface area contributed by atoms with Gasteiger partial charge in [-0.25, -0.2) is 15.6 Å². The smallest absolute Gasteiger partial charge is 0.423 e. The second-order valence-corrected chi connectivity index (χ2v) is 4.91. The number of fused-ring (bicyclic) bond motifs is 3. The van der Waals surface area contributed by atoms with Crippen molar-refractivity contribution in [1.29, 1.82) is 0 Å². The number of hydrogen-bond donors (Lipinski definition) is 1. The second-order valence-electron chi connectivity index (χ2n) is 4.91. The highest BCUT2D eigenvalue weighted by Crippen LogP contribution is 2.44. The number of nitrogens with zero attached hydrogens (tertiary/aromatic N) is 1. The maximum Gasteiger partial charge on any atom is 0.423 e. The molecule has 3 rings (SSSR count). The van der Waals surface area contributed by atoms with Crippen LogP contribution in [0.3, 0.4) is 0 Å². The minimum absolute atomic E-state index is 0. The van der Waals surface area contributed by atoms with Crippen molar-refractivity contribution in [2.45, 2.75) is 5.92 Å². The summed E-state index contributed by atoms with van der Waals surface area (Å²) in [5, 5.41) is 0.951. The van der Waals surface area contributed by atoms with Gasteiger partial charge in [-0.05, 0) is 22.3 Å². The molecule has 110 valence electrons. The number of rotatable bonds is 2. The lowest BCUT2D eigenvalue weighted by molar-refractivity contribution is 0.108. The number of carbonyl (C=O) groups is 1. The molecule has 2 N–H and O–H groups in total. The van der Waals surface area contributed by atoms with E-state index in [0.29, 0.717) is 6.61 Å². The van der Waals surface area contributed by atoms with Crippen LogP contribution in [0.5, 0.6) is 0 Å². The largest absolute Gasteiger partial charge is 0.447 e. The molecule has 2 aromatic rings. The molecule has 5 heteroatoms. The van der Waals surface area contributed by atoms with E-state index in [1.54, 1.807) is 0 Å². The Morgan fingerprint density at radius 3 is 2.05 bits per heavy atom. The minimum Gasteiger partial charge on any atom is -0.447 e. The average molecular weight is 305 g/mol. The zero-order chi connectivity index (χ0) is 14.1. The maximum absolute atomic E-state index is 11.5. The number of hydrogen-bond acceptors (Lipinski definition) is 3. The molecule has 0 fully saturated rings. The monoisotopic (exact) mass is 304 g/mol. The van der Waals surface area contributed by atoms with Gasteiger partial charge in [-0.1, -0.05) is 48.5 Å². The Morgan fingerprint density at radius 2 is 1.57 bits per heavy atom. The maximum atomic E-state index is 11.5. The van der Waals surface area contributed by atoms with Gasteiger partial charge in [-0.3, -0.25) is 0 Å². The first-order valence-corrected chi connectivity index (χ1v) is 6.52. The lowest BCUT2D eigenvalue weighted by Gasteiger charge is -2.16. The predicted octanol–water partition coefficient (Wildman–Crippen LogP) is 3.16.